The van der Waals surface area contributed by atoms with Gasteiger partial charge < -0.3 is 35.4 Å². The van der Waals surface area contributed by atoms with Gasteiger partial charge in [-0.25, -0.2) is 0 Å². The average molecular weight is 530 g/mol. The first-order valence-corrected chi connectivity index (χ1v) is 11.5. The summed E-state index contributed by atoms with van der Waals surface area (Å²) in [5, 5.41) is 55.7. The molecule has 1 atom stereocenters. The van der Waals surface area contributed by atoms with Crippen molar-refractivity contribution in [2.24, 2.45) is 0 Å². The minimum atomic E-state index is -1.80. The van der Waals surface area contributed by atoms with E-state index in [1.807, 2.05) is 6.92 Å². The number of hydrogen-bond donors (Lipinski definition) is 6. The van der Waals surface area contributed by atoms with Crippen LogP contribution in [0.15, 0.2) is 24.3 Å². The second-order valence-electron chi connectivity index (χ2n) is 8.37. The van der Waals surface area contributed by atoms with Crippen molar-refractivity contribution in [2.45, 2.75) is 25.7 Å². The molecule has 0 heterocycles. The molecule has 14 heteroatoms. The summed E-state index contributed by atoms with van der Waals surface area (Å²) in [6.45, 7) is -0.401. The highest BCUT2D eigenvalue weighted by Crippen LogP contribution is 2.16. The third-order valence-corrected chi connectivity index (χ3v) is 5.24. The van der Waals surface area contributed by atoms with Crippen molar-refractivity contribution in [3.63, 3.8) is 0 Å². The van der Waals surface area contributed by atoms with E-state index in [2.05, 4.69) is 0 Å². The minimum Gasteiger partial charge on any atom is -0.494 e. The summed E-state index contributed by atoms with van der Waals surface area (Å²) >= 11 is 0. The molecule has 0 bridgehead atoms. The third kappa shape index (κ3) is 14.1. The number of aliphatic carboxylic acids is 4. The van der Waals surface area contributed by atoms with Crippen LogP contribution in [0.2, 0.25) is 0 Å². The van der Waals surface area contributed by atoms with E-state index >= 15 is 0 Å². The van der Waals surface area contributed by atoms with E-state index in [1.54, 1.807) is 24.3 Å². The van der Waals surface area contributed by atoms with Gasteiger partial charge >= 0.3 is 23.9 Å². The smallest absolute Gasteiger partial charge is 0.317 e. The van der Waals surface area contributed by atoms with Crippen LogP contribution in [0.5, 0.6) is 5.75 Å². The van der Waals surface area contributed by atoms with Crippen LogP contribution in [0, 0.1) is 0 Å². The molecule has 0 aliphatic heterocycles. The Morgan fingerprint density at radius 1 is 0.757 bits per heavy atom. The average Bonchev–Trinajstić information content (AvgIpc) is 2.76. The first-order chi connectivity index (χ1) is 17.4. The van der Waals surface area contributed by atoms with E-state index in [4.69, 9.17) is 9.84 Å². The summed E-state index contributed by atoms with van der Waals surface area (Å²) in [6.07, 6.45) is -1.61. The molecule has 0 unspecified atom stereocenters. The summed E-state index contributed by atoms with van der Waals surface area (Å²) in [5.74, 6) is -4.31. The van der Waals surface area contributed by atoms with Crippen molar-refractivity contribution in [3.8, 4) is 5.75 Å². The monoisotopic (exact) mass is 529 g/mol. The van der Waals surface area contributed by atoms with Crippen molar-refractivity contribution >= 4 is 23.9 Å². The Bertz CT molecular complexity index is 863. The van der Waals surface area contributed by atoms with Gasteiger partial charge in [0.05, 0.1) is 32.8 Å². The van der Waals surface area contributed by atoms with Gasteiger partial charge in [-0.1, -0.05) is 12.1 Å². The summed E-state index contributed by atoms with van der Waals surface area (Å²) in [7, 11) is 0. The maximum absolute atomic E-state index is 11.5. The summed E-state index contributed by atoms with van der Waals surface area (Å²) in [4.78, 5) is 49.5. The Morgan fingerprint density at radius 3 is 1.62 bits per heavy atom. The Kier molecular flexibility index (Phi) is 14.1. The van der Waals surface area contributed by atoms with Gasteiger partial charge in [0.1, 0.15) is 5.75 Å². The first-order valence-electron chi connectivity index (χ1n) is 11.5. The summed E-state index contributed by atoms with van der Waals surface area (Å²) in [6, 6.07) is 6.19. The summed E-state index contributed by atoms with van der Waals surface area (Å²) in [5.41, 5.74) is 0.736. The summed E-state index contributed by atoms with van der Waals surface area (Å²) < 4.78 is 5.41. The zero-order valence-corrected chi connectivity index (χ0v) is 20.6. The van der Waals surface area contributed by atoms with Crippen LogP contribution < -0.4 is 4.74 Å². The van der Waals surface area contributed by atoms with Gasteiger partial charge in [-0.2, -0.15) is 0 Å². The maximum atomic E-state index is 11.5. The van der Waals surface area contributed by atoms with Gasteiger partial charge in [0.2, 0.25) is 0 Å². The Morgan fingerprint density at radius 2 is 1.22 bits per heavy atom. The number of carbonyl (C=O) groups is 4. The second-order valence-corrected chi connectivity index (χ2v) is 8.37. The van der Waals surface area contributed by atoms with Gasteiger partial charge in [0.25, 0.3) is 0 Å². The molecule has 0 aliphatic carbocycles. The number of rotatable bonds is 20. The first kappa shape index (κ1) is 31.7. The molecular weight excluding hydrogens is 494 g/mol. The molecule has 14 nitrogen and oxygen atoms in total. The fourth-order valence-corrected chi connectivity index (χ4v) is 3.80. The topological polar surface area (TPSA) is 209 Å². The molecule has 0 amide bonds. The van der Waals surface area contributed by atoms with Crippen molar-refractivity contribution in [3.05, 3.63) is 29.8 Å². The lowest BCUT2D eigenvalue weighted by molar-refractivity contribution is -0.144. The van der Waals surface area contributed by atoms with E-state index < -0.39 is 62.4 Å². The number of hydrogen-bond acceptors (Lipinski definition) is 10. The van der Waals surface area contributed by atoms with Crippen LogP contribution in [-0.2, 0) is 25.6 Å². The molecular formula is C23H35N3O11. The van der Waals surface area contributed by atoms with Crippen LogP contribution in [0.25, 0.3) is 0 Å². The van der Waals surface area contributed by atoms with Gasteiger partial charge in [-0.3, -0.25) is 33.9 Å². The Balaban J connectivity index is 3.20. The molecule has 0 saturated carbocycles. The highest BCUT2D eigenvalue weighted by atomic mass is 16.5. The fourth-order valence-electron chi connectivity index (χ4n) is 3.80. The number of nitrogens with zero attached hydrogens (tertiary/aromatic N) is 3. The van der Waals surface area contributed by atoms with Crippen molar-refractivity contribution < 1.29 is 54.6 Å². The molecule has 1 aromatic rings. The minimum absolute atomic E-state index is 0.0138. The van der Waals surface area contributed by atoms with Gasteiger partial charge in [0, 0.05) is 32.2 Å². The SMILES string of the molecule is CCOc1ccc(C[C@@H](CN(CCN(CC(=O)O)CC(O)O)CC(=O)O)N(CC(=O)O)CC(=O)O)cc1. The highest BCUT2D eigenvalue weighted by Gasteiger charge is 2.27. The van der Waals surface area contributed by atoms with E-state index in [0.717, 1.165) is 5.56 Å². The number of aliphatic hydroxyl groups excluding tert-OH is 1. The normalized spacial score (nSPS) is 12.3. The van der Waals surface area contributed by atoms with E-state index in [9.17, 15) is 44.7 Å². The predicted octanol–water partition coefficient (Wildman–Crippen LogP) is -1.45. The number of carboxylic acids is 4. The van der Waals surface area contributed by atoms with E-state index in [-0.39, 0.29) is 32.6 Å². The largest absolute Gasteiger partial charge is 0.494 e. The molecule has 0 aromatic heterocycles. The van der Waals surface area contributed by atoms with E-state index in [1.165, 1.54) is 14.7 Å². The lowest BCUT2D eigenvalue weighted by Gasteiger charge is -2.34. The lowest BCUT2D eigenvalue weighted by Crippen LogP contribution is -2.51. The van der Waals surface area contributed by atoms with Crippen molar-refractivity contribution in [1.29, 1.82) is 0 Å². The third-order valence-electron chi connectivity index (χ3n) is 5.24. The quantitative estimate of drug-likeness (QED) is 0.107. The van der Waals surface area contributed by atoms with E-state index in [0.29, 0.717) is 12.4 Å². The van der Waals surface area contributed by atoms with Gasteiger partial charge in [-0.15, -0.1) is 0 Å². The van der Waals surface area contributed by atoms with Gasteiger partial charge in [-0.05, 0) is 31.0 Å². The zero-order chi connectivity index (χ0) is 28.0. The number of ether oxygens (including phenoxy) is 1. The second kappa shape index (κ2) is 16.4. The molecule has 0 spiro atoms. The molecule has 1 rings (SSSR count). The Labute approximate surface area is 213 Å². The number of carboxylic acid groups (broad SMARTS) is 4. The lowest BCUT2D eigenvalue weighted by atomic mass is 10.0. The number of benzene rings is 1. The molecule has 0 fully saturated rings. The highest BCUT2D eigenvalue weighted by molar-refractivity contribution is 5.72. The fraction of sp³-hybridized carbons (Fsp3) is 0.565. The number of aliphatic hydroxyl groups is 2. The van der Waals surface area contributed by atoms with Crippen LogP contribution >= 0.6 is 0 Å². The van der Waals surface area contributed by atoms with Gasteiger partial charge in [0.15, 0.2) is 6.29 Å². The van der Waals surface area contributed by atoms with Crippen LogP contribution in [0.3, 0.4) is 0 Å². The molecule has 208 valence electrons. The Hall–Kier alpha value is -3.30. The molecule has 6 N–H and O–H groups in total. The molecule has 0 saturated heterocycles. The predicted molar refractivity (Wildman–Crippen MR) is 128 cm³/mol. The zero-order valence-electron chi connectivity index (χ0n) is 20.6. The molecule has 0 aliphatic rings. The molecule has 37 heavy (non-hydrogen) atoms. The van der Waals surface area contributed by atoms with Crippen molar-refractivity contribution in [2.75, 3.05) is 59.0 Å². The van der Waals surface area contributed by atoms with Crippen LogP contribution in [0.4, 0.5) is 0 Å². The van der Waals surface area contributed by atoms with Crippen LogP contribution in [-0.4, -0.2) is 141 Å². The maximum Gasteiger partial charge on any atom is 0.317 e. The van der Waals surface area contributed by atoms with Crippen LogP contribution in [0.1, 0.15) is 12.5 Å². The molecule has 0 radical (unpaired) electrons. The van der Waals surface area contributed by atoms with Crippen molar-refractivity contribution in [1.82, 2.24) is 14.7 Å². The standard InChI is InChI=1S/C23H35N3O11/c1-2-37-18-5-3-16(4-6-18)9-17(26(14-22(33)34)15-23(35)36)10-24(11-19(27)28)7-8-25(12-20(29)30)13-21(31)32/h3-6,17,20,29-30H,2,7-15H2,1H3,(H,27,28)(H,31,32)(H,33,34)(H,35,36)/t17-/m0/s1. The molecule has 1 aromatic carbocycles.